The third kappa shape index (κ3) is 7.44. The van der Waals surface area contributed by atoms with Gasteiger partial charge in [-0.05, 0) is 66.6 Å². The van der Waals surface area contributed by atoms with Crippen molar-refractivity contribution in [2.75, 3.05) is 0 Å². The van der Waals surface area contributed by atoms with E-state index in [1.54, 1.807) is 0 Å². The van der Waals surface area contributed by atoms with Crippen molar-refractivity contribution < 1.29 is 17.9 Å². The van der Waals surface area contributed by atoms with Crippen LogP contribution in [0.25, 0.3) is 0 Å². The van der Waals surface area contributed by atoms with Gasteiger partial charge in [0.1, 0.15) is 5.75 Å². The summed E-state index contributed by atoms with van der Waals surface area (Å²) < 4.78 is 40.5. The first-order valence-corrected chi connectivity index (χ1v) is 10.9. The number of hydrogen-bond donors (Lipinski definition) is 0. The number of halogens is 3. The molecule has 1 aliphatic rings. The van der Waals surface area contributed by atoms with Gasteiger partial charge in [0.25, 0.3) is 0 Å². The maximum absolute atomic E-state index is 12.2. The Hall–Kier alpha value is -2.41. The van der Waals surface area contributed by atoms with Gasteiger partial charge >= 0.3 is 6.36 Å². The first-order valence-electron chi connectivity index (χ1n) is 10.9. The molecule has 3 rings (SSSR count). The molecule has 1 saturated carbocycles. The van der Waals surface area contributed by atoms with Crippen LogP contribution in [0.5, 0.6) is 5.75 Å². The van der Waals surface area contributed by atoms with Crippen LogP contribution in [-0.4, -0.2) is 6.36 Å². The summed E-state index contributed by atoms with van der Waals surface area (Å²) >= 11 is 0. The van der Waals surface area contributed by atoms with E-state index in [4.69, 9.17) is 0 Å². The summed E-state index contributed by atoms with van der Waals surface area (Å²) in [6, 6.07) is 13.9. The molecule has 0 bridgehead atoms. The van der Waals surface area contributed by atoms with Gasteiger partial charge in [0.05, 0.1) is 0 Å². The zero-order valence-corrected chi connectivity index (χ0v) is 17.5. The van der Waals surface area contributed by atoms with Gasteiger partial charge in [-0.3, -0.25) is 0 Å². The van der Waals surface area contributed by atoms with E-state index in [9.17, 15) is 13.2 Å². The molecule has 0 radical (unpaired) electrons. The van der Waals surface area contributed by atoms with Gasteiger partial charge in [0, 0.05) is 11.1 Å². The number of hydrogen-bond acceptors (Lipinski definition) is 1. The Morgan fingerprint density at radius 1 is 0.800 bits per heavy atom. The minimum absolute atomic E-state index is 0.240. The van der Waals surface area contributed by atoms with Gasteiger partial charge in [-0.1, -0.05) is 69.4 Å². The van der Waals surface area contributed by atoms with Crippen LogP contribution < -0.4 is 4.74 Å². The molecule has 2 aromatic carbocycles. The smallest absolute Gasteiger partial charge is 0.406 e. The summed E-state index contributed by atoms with van der Waals surface area (Å²) in [5, 5.41) is 0. The summed E-state index contributed by atoms with van der Waals surface area (Å²) in [7, 11) is 0. The zero-order valence-electron chi connectivity index (χ0n) is 17.5. The molecule has 0 amide bonds. The molecular weight excluding hydrogens is 385 g/mol. The molecule has 0 unspecified atom stereocenters. The van der Waals surface area contributed by atoms with Crippen LogP contribution in [0, 0.1) is 23.7 Å². The van der Waals surface area contributed by atoms with Gasteiger partial charge < -0.3 is 4.74 Å². The number of ether oxygens (including phenoxy) is 1. The molecule has 0 spiro atoms. The van der Waals surface area contributed by atoms with Crippen LogP contribution in [0.1, 0.15) is 68.6 Å². The monoisotopic (exact) mass is 414 g/mol. The van der Waals surface area contributed by atoms with Gasteiger partial charge in [-0.2, -0.15) is 0 Å². The first kappa shape index (κ1) is 22.3. The van der Waals surface area contributed by atoms with Crippen LogP contribution in [-0.2, 0) is 6.42 Å². The number of alkyl halides is 3. The van der Waals surface area contributed by atoms with E-state index in [2.05, 4.69) is 35.6 Å². The van der Waals surface area contributed by atoms with E-state index < -0.39 is 6.36 Å². The van der Waals surface area contributed by atoms with Gasteiger partial charge in [0.2, 0.25) is 0 Å². The molecule has 0 aromatic heterocycles. The molecule has 0 aliphatic heterocycles. The lowest BCUT2D eigenvalue weighted by Gasteiger charge is -2.28. The maximum Gasteiger partial charge on any atom is 0.573 e. The molecule has 1 aliphatic carbocycles. The van der Waals surface area contributed by atoms with Gasteiger partial charge in [-0.15, -0.1) is 13.2 Å². The quantitative estimate of drug-likeness (QED) is 0.444. The Morgan fingerprint density at radius 2 is 1.30 bits per heavy atom. The topological polar surface area (TPSA) is 9.23 Å². The van der Waals surface area contributed by atoms with Crippen LogP contribution >= 0.6 is 0 Å². The predicted molar refractivity (Wildman–Crippen MR) is 114 cm³/mol. The van der Waals surface area contributed by atoms with Crippen molar-refractivity contribution >= 4 is 0 Å². The third-order valence-corrected chi connectivity index (χ3v) is 5.90. The van der Waals surface area contributed by atoms with E-state index in [0.29, 0.717) is 5.56 Å². The third-order valence-electron chi connectivity index (χ3n) is 5.90. The Morgan fingerprint density at radius 3 is 1.80 bits per heavy atom. The summed E-state index contributed by atoms with van der Waals surface area (Å²) in [6.45, 7) is 2.28. The van der Waals surface area contributed by atoms with Crippen molar-refractivity contribution in [2.45, 2.75) is 64.7 Å². The lowest BCUT2D eigenvalue weighted by Crippen LogP contribution is -2.16. The normalized spacial score (nSPS) is 19.1. The average molecular weight is 415 g/mol. The fourth-order valence-electron chi connectivity index (χ4n) is 4.23. The predicted octanol–water partition coefficient (Wildman–Crippen LogP) is 7.52. The SMILES string of the molecule is CCCC1CCC(CCc2ccc(C#Cc3ccc(OC(F)(F)F)cc3)cc2)CC1. The molecule has 4 heteroatoms. The highest BCUT2D eigenvalue weighted by Crippen LogP contribution is 2.33. The molecular formula is C26H29F3O. The number of benzene rings is 2. The van der Waals surface area contributed by atoms with Crippen LogP contribution in [0.4, 0.5) is 13.2 Å². The van der Waals surface area contributed by atoms with Crippen LogP contribution in [0.15, 0.2) is 48.5 Å². The molecule has 2 aromatic rings. The summed E-state index contributed by atoms with van der Waals surface area (Å²) in [5.74, 6) is 7.63. The second kappa shape index (κ2) is 10.6. The van der Waals surface area contributed by atoms with Crippen molar-refractivity contribution in [3.63, 3.8) is 0 Å². The number of aryl methyl sites for hydroxylation is 1. The van der Waals surface area contributed by atoms with E-state index in [1.807, 2.05) is 12.1 Å². The molecule has 1 nitrogen and oxygen atoms in total. The van der Waals surface area contributed by atoms with E-state index in [-0.39, 0.29) is 5.75 Å². The van der Waals surface area contributed by atoms with Crippen molar-refractivity contribution in [3.05, 3.63) is 65.2 Å². The molecule has 1 fully saturated rings. The standard InChI is InChI=1S/C26H29F3O/c1-2-3-20-4-6-21(7-5-20)8-9-22-10-12-23(13-11-22)14-15-24-16-18-25(19-17-24)30-26(27,28)29/h10-13,16-21H,2-9H2,1H3. The zero-order chi connectivity index (χ0) is 21.4. The van der Waals surface area contributed by atoms with Gasteiger partial charge in [0.15, 0.2) is 0 Å². The van der Waals surface area contributed by atoms with E-state index in [0.717, 1.165) is 23.8 Å². The highest BCUT2D eigenvalue weighted by atomic mass is 19.4. The highest BCUT2D eigenvalue weighted by Gasteiger charge is 2.30. The Kier molecular flexibility index (Phi) is 7.85. The Balaban J connectivity index is 1.47. The lowest BCUT2D eigenvalue weighted by molar-refractivity contribution is -0.274. The minimum Gasteiger partial charge on any atom is -0.406 e. The average Bonchev–Trinajstić information content (AvgIpc) is 2.73. The summed E-state index contributed by atoms with van der Waals surface area (Å²) in [4.78, 5) is 0. The van der Waals surface area contributed by atoms with Crippen molar-refractivity contribution in [2.24, 2.45) is 11.8 Å². The first-order chi connectivity index (χ1) is 14.4. The fraction of sp³-hybridized carbons (Fsp3) is 0.462. The van der Waals surface area contributed by atoms with Crippen molar-refractivity contribution in [1.29, 1.82) is 0 Å². The van der Waals surface area contributed by atoms with E-state index in [1.165, 1.54) is 74.8 Å². The molecule has 160 valence electrons. The summed E-state index contributed by atoms with van der Waals surface area (Å²) in [5.41, 5.74) is 2.88. The Labute approximate surface area is 177 Å². The second-order valence-electron chi connectivity index (χ2n) is 8.23. The van der Waals surface area contributed by atoms with Gasteiger partial charge in [-0.25, -0.2) is 0 Å². The molecule has 0 saturated heterocycles. The van der Waals surface area contributed by atoms with Crippen molar-refractivity contribution in [3.8, 4) is 17.6 Å². The highest BCUT2D eigenvalue weighted by molar-refractivity contribution is 5.44. The molecule has 0 heterocycles. The summed E-state index contributed by atoms with van der Waals surface area (Å²) in [6.07, 6.45) is 5.94. The largest absolute Gasteiger partial charge is 0.573 e. The van der Waals surface area contributed by atoms with Crippen molar-refractivity contribution in [1.82, 2.24) is 0 Å². The van der Waals surface area contributed by atoms with Crippen LogP contribution in [0.3, 0.4) is 0 Å². The van der Waals surface area contributed by atoms with Crippen LogP contribution in [0.2, 0.25) is 0 Å². The Bertz CT molecular complexity index is 833. The molecule has 0 N–H and O–H groups in total. The minimum atomic E-state index is -4.68. The number of rotatable bonds is 6. The van der Waals surface area contributed by atoms with E-state index >= 15 is 0 Å². The lowest BCUT2D eigenvalue weighted by atomic mass is 9.78. The second-order valence-corrected chi connectivity index (χ2v) is 8.23. The molecule has 30 heavy (non-hydrogen) atoms. The fourth-order valence-corrected chi connectivity index (χ4v) is 4.23. The maximum atomic E-state index is 12.2. The molecule has 0 atom stereocenters.